The standard InChI is InChI=1S/C13H19N5O/c1-3-18-13(12(19-2)9-16-18)11(17-14)8-10-6-4-5-7-15-10/h4-7,9,11,17H,3,8,14H2,1-2H3. The number of hydrogen-bond acceptors (Lipinski definition) is 5. The van der Waals surface area contributed by atoms with Gasteiger partial charge in [-0.15, -0.1) is 0 Å². The lowest BCUT2D eigenvalue weighted by Crippen LogP contribution is -2.32. The van der Waals surface area contributed by atoms with E-state index in [0.29, 0.717) is 6.42 Å². The molecule has 6 nitrogen and oxygen atoms in total. The van der Waals surface area contributed by atoms with E-state index in [1.807, 2.05) is 29.8 Å². The normalized spacial score (nSPS) is 12.4. The van der Waals surface area contributed by atoms with Gasteiger partial charge in [0.1, 0.15) is 0 Å². The van der Waals surface area contributed by atoms with Crippen molar-refractivity contribution in [3.05, 3.63) is 42.0 Å². The smallest absolute Gasteiger partial charge is 0.161 e. The van der Waals surface area contributed by atoms with Crippen LogP contribution in [0, 0.1) is 0 Å². The number of nitrogens with one attached hydrogen (secondary N) is 1. The zero-order valence-corrected chi connectivity index (χ0v) is 11.2. The first-order valence-electron chi connectivity index (χ1n) is 6.25. The topological polar surface area (TPSA) is 78.0 Å². The minimum absolute atomic E-state index is 0.0905. The Morgan fingerprint density at radius 3 is 2.89 bits per heavy atom. The lowest BCUT2D eigenvalue weighted by Gasteiger charge is -2.18. The molecule has 2 rings (SSSR count). The Kier molecular flexibility index (Phi) is 4.48. The third-order valence-corrected chi connectivity index (χ3v) is 3.04. The molecule has 0 bridgehead atoms. The monoisotopic (exact) mass is 261 g/mol. The Bertz CT molecular complexity index is 490. The molecule has 6 heteroatoms. The molecule has 3 N–H and O–H groups in total. The first-order valence-corrected chi connectivity index (χ1v) is 6.25. The second-order valence-corrected chi connectivity index (χ2v) is 4.16. The van der Waals surface area contributed by atoms with Crippen molar-refractivity contribution in [1.29, 1.82) is 0 Å². The highest BCUT2D eigenvalue weighted by Crippen LogP contribution is 2.26. The summed E-state index contributed by atoms with van der Waals surface area (Å²) in [6.07, 6.45) is 4.16. The second-order valence-electron chi connectivity index (χ2n) is 4.16. The molecule has 1 atom stereocenters. The fourth-order valence-corrected chi connectivity index (χ4v) is 2.10. The Labute approximate surface area is 112 Å². The van der Waals surface area contributed by atoms with Gasteiger partial charge in [-0.1, -0.05) is 6.07 Å². The molecular formula is C13H19N5O. The van der Waals surface area contributed by atoms with Gasteiger partial charge in [-0.05, 0) is 19.1 Å². The van der Waals surface area contributed by atoms with Crippen molar-refractivity contribution >= 4 is 0 Å². The molecule has 0 saturated heterocycles. The van der Waals surface area contributed by atoms with E-state index in [-0.39, 0.29) is 6.04 Å². The summed E-state index contributed by atoms with van der Waals surface area (Å²) in [4.78, 5) is 4.32. The molecule has 0 fully saturated rings. The summed E-state index contributed by atoms with van der Waals surface area (Å²) in [5.74, 6) is 6.42. The van der Waals surface area contributed by atoms with Crippen LogP contribution < -0.4 is 16.0 Å². The van der Waals surface area contributed by atoms with Crippen LogP contribution in [0.2, 0.25) is 0 Å². The highest BCUT2D eigenvalue weighted by molar-refractivity contribution is 5.29. The van der Waals surface area contributed by atoms with Crippen molar-refractivity contribution in [1.82, 2.24) is 20.2 Å². The van der Waals surface area contributed by atoms with Crippen LogP contribution in [0.5, 0.6) is 5.75 Å². The summed E-state index contributed by atoms with van der Waals surface area (Å²) in [7, 11) is 1.63. The van der Waals surface area contributed by atoms with Gasteiger partial charge < -0.3 is 4.74 Å². The number of nitrogens with two attached hydrogens (primary N) is 1. The average molecular weight is 261 g/mol. The van der Waals surface area contributed by atoms with Crippen LogP contribution in [-0.2, 0) is 13.0 Å². The van der Waals surface area contributed by atoms with Crippen molar-refractivity contribution in [2.45, 2.75) is 25.9 Å². The van der Waals surface area contributed by atoms with Crippen LogP contribution in [0.3, 0.4) is 0 Å². The van der Waals surface area contributed by atoms with Crippen molar-refractivity contribution in [2.75, 3.05) is 7.11 Å². The number of pyridine rings is 1. The summed E-state index contributed by atoms with van der Waals surface area (Å²) in [6, 6.07) is 5.74. The van der Waals surface area contributed by atoms with Gasteiger partial charge in [0.15, 0.2) is 5.75 Å². The molecule has 102 valence electrons. The zero-order chi connectivity index (χ0) is 13.7. The largest absolute Gasteiger partial charge is 0.493 e. The molecule has 19 heavy (non-hydrogen) atoms. The summed E-state index contributed by atoms with van der Waals surface area (Å²) in [5.41, 5.74) is 4.73. The van der Waals surface area contributed by atoms with Gasteiger partial charge in [0.05, 0.1) is 25.0 Å². The number of rotatable bonds is 6. The van der Waals surface area contributed by atoms with E-state index in [4.69, 9.17) is 10.6 Å². The molecular weight excluding hydrogens is 242 g/mol. The molecule has 0 radical (unpaired) electrons. The van der Waals surface area contributed by atoms with E-state index in [9.17, 15) is 0 Å². The number of aryl methyl sites for hydroxylation is 1. The van der Waals surface area contributed by atoms with Crippen molar-refractivity contribution < 1.29 is 4.74 Å². The summed E-state index contributed by atoms with van der Waals surface area (Å²) in [5, 5.41) is 4.29. The molecule has 0 aliphatic heterocycles. The van der Waals surface area contributed by atoms with Crippen LogP contribution in [0.4, 0.5) is 0 Å². The predicted octanol–water partition coefficient (Wildman–Crippen LogP) is 1.05. The highest BCUT2D eigenvalue weighted by Gasteiger charge is 2.21. The van der Waals surface area contributed by atoms with Gasteiger partial charge in [-0.2, -0.15) is 5.10 Å². The van der Waals surface area contributed by atoms with Crippen LogP contribution >= 0.6 is 0 Å². The SMILES string of the molecule is CCn1ncc(OC)c1C(Cc1ccccn1)NN. The van der Waals surface area contributed by atoms with Gasteiger partial charge in [-0.3, -0.25) is 20.9 Å². The first-order chi connectivity index (χ1) is 9.30. The van der Waals surface area contributed by atoms with Crippen LogP contribution in [0.15, 0.2) is 30.6 Å². The maximum absolute atomic E-state index is 5.68. The maximum atomic E-state index is 5.68. The van der Waals surface area contributed by atoms with Gasteiger partial charge in [-0.25, -0.2) is 0 Å². The van der Waals surface area contributed by atoms with E-state index < -0.39 is 0 Å². The van der Waals surface area contributed by atoms with E-state index >= 15 is 0 Å². The summed E-state index contributed by atoms with van der Waals surface area (Å²) >= 11 is 0. The van der Waals surface area contributed by atoms with E-state index in [2.05, 4.69) is 15.5 Å². The Hall–Kier alpha value is -1.92. The van der Waals surface area contributed by atoms with Crippen molar-refractivity contribution in [2.24, 2.45) is 5.84 Å². The molecule has 0 aliphatic rings. The van der Waals surface area contributed by atoms with E-state index in [0.717, 1.165) is 23.7 Å². The van der Waals surface area contributed by atoms with Gasteiger partial charge in [0.2, 0.25) is 0 Å². The fourth-order valence-electron chi connectivity index (χ4n) is 2.10. The third kappa shape index (κ3) is 2.91. The lowest BCUT2D eigenvalue weighted by molar-refractivity contribution is 0.391. The Morgan fingerprint density at radius 1 is 1.47 bits per heavy atom. The van der Waals surface area contributed by atoms with Crippen LogP contribution in [0.1, 0.15) is 24.4 Å². The quantitative estimate of drug-likeness (QED) is 0.600. The fraction of sp³-hybridized carbons (Fsp3) is 0.385. The molecule has 0 saturated carbocycles. The van der Waals surface area contributed by atoms with E-state index in [1.165, 1.54) is 0 Å². The van der Waals surface area contributed by atoms with Gasteiger partial charge in [0, 0.05) is 24.9 Å². The minimum Gasteiger partial charge on any atom is -0.493 e. The van der Waals surface area contributed by atoms with Gasteiger partial charge >= 0.3 is 0 Å². The predicted molar refractivity (Wildman–Crippen MR) is 72.5 cm³/mol. The number of methoxy groups -OCH3 is 1. The number of nitrogens with zero attached hydrogens (tertiary/aromatic N) is 3. The van der Waals surface area contributed by atoms with Crippen molar-refractivity contribution in [3.63, 3.8) is 0 Å². The second kappa shape index (κ2) is 6.31. The molecule has 0 spiro atoms. The molecule has 0 amide bonds. The zero-order valence-electron chi connectivity index (χ0n) is 11.2. The highest BCUT2D eigenvalue weighted by atomic mass is 16.5. The first kappa shape index (κ1) is 13.5. The lowest BCUT2D eigenvalue weighted by atomic mass is 10.1. The van der Waals surface area contributed by atoms with Gasteiger partial charge in [0.25, 0.3) is 0 Å². The van der Waals surface area contributed by atoms with E-state index in [1.54, 1.807) is 19.5 Å². The molecule has 2 aromatic heterocycles. The Morgan fingerprint density at radius 2 is 2.32 bits per heavy atom. The maximum Gasteiger partial charge on any atom is 0.161 e. The molecule has 1 unspecified atom stereocenters. The summed E-state index contributed by atoms with van der Waals surface area (Å²) < 4.78 is 7.23. The minimum atomic E-state index is -0.0905. The summed E-state index contributed by atoms with van der Waals surface area (Å²) in [6.45, 7) is 2.80. The number of ether oxygens (including phenoxy) is 1. The van der Waals surface area contributed by atoms with Crippen LogP contribution in [-0.4, -0.2) is 21.9 Å². The third-order valence-electron chi connectivity index (χ3n) is 3.04. The number of aromatic nitrogens is 3. The number of hydrogen-bond donors (Lipinski definition) is 2. The molecule has 0 aliphatic carbocycles. The van der Waals surface area contributed by atoms with Crippen molar-refractivity contribution in [3.8, 4) is 5.75 Å². The molecule has 2 aromatic rings. The van der Waals surface area contributed by atoms with Crippen LogP contribution in [0.25, 0.3) is 0 Å². The average Bonchev–Trinajstić information content (AvgIpc) is 2.88. The number of hydrazine groups is 1. The Balaban J connectivity index is 2.29. The molecule has 2 heterocycles. The molecule has 0 aromatic carbocycles.